The largest absolute Gasteiger partial charge is 0.123 e. The van der Waals surface area contributed by atoms with Crippen molar-refractivity contribution in [2.24, 2.45) is 0 Å². The molecular formula is C10H16. The van der Waals surface area contributed by atoms with Crippen LogP contribution in [0.3, 0.4) is 0 Å². The van der Waals surface area contributed by atoms with Crippen molar-refractivity contribution in [3.8, 4) is 0 Å². The number of allylic oxidation sites excluding steroid dienone is 1. The zero-order valence-electron chi connectivity index (χ0n) is 7.04. The fraction of sp³-hybridized carbons (Fsp3) is 0.700. The van der Waals surface area contributed by atoms with Crippen molar-refractivity contribution in [2.75, 3.05) is 0 Å². The summed E-state index contributed by atoms with van der Waals surface area (Å²) in [6.07, 6.45) is 6.54. The molecule has 0 radical (unpaired) electrons. The minimum absolute atomic E-state index is 1.16. The van der Waals surface area contributed by atoms with E-state index < -0.39 is 0 Å². The van der Waals surface area contributed by atoms with Crippen molar-refractivity contribution >= 4 is 0 Å². The molecule has 1 rings (SSSR count). The summed E-state index contributed by atoms with van der Waals surface area (Å²) in [4.78, 5) is 0. The molecule has 0 aromatic heterocycles. The summed E-state index contributed by atoms with van der Waals surface area (Å²) in [5.74, 6) is 0. The van der Waals surface area contributed by atoms with Gasteiger partial charge in [-0.15, -0.1) is 5.73 Å². The normalized spacial score (nSPS) is 17.2. The Kier molecular flexibility index (Phi) is 2.77. The number of hydrogen-bond donors (Lipinski definition) is 0. The lowest BCUT2D eigenvalue weighted by molar-refractivity contribution is 0.886. The van der Waals surface area contributed by atoms with E-state index in [9.17, 15) is 0 Å². The van der Waals surface area contributed by atoms with Gasteiger partial charge in [0.1, 0.15) is 0 Å². The van der Waals surface area contributed by atoms with Crippen LogP contribution in [0.1, 0.15) is 46.0 Å². The Balaban J connectivity index is 2.67. The first kappa shape index (κ1) is 7.63. The predicted octanol–water partition coefficient (Wildman–Crippen LogP) is 3.44. The van der Waals surface area contributed by atoms with E-state index in [0.717, 1.165) is 6.42 Å². The van der Waals surface area contributed by atoms with Crippen molar-refractivity contribution in [1.82, 2.24) is 0 Å². The maximum atomic E-state index is 3.46. The zero-order chi connectivity index (χ0) is 7.40. The van der Waals surface area contributed by atoms with E-state index in [0.29, 0.717) is 0 Å². The van der Waals surface area contributed by atoms with Gasteiger partial charge in [-0.3, -0.25) is 0 Å². The Hall–Kier alpha value is -0.480. The van der Waals surface area contributed by atoms with Crippen molar-refractivity contribution in [1.29, 1.82) is 0 Å². The summed E-state index contributed by atoms with van der Waals surface area (Å²) in [5.41, 5.74) is 6.43. The highest BCUT2D eigenvalue weighted by molar-refractivity contribution is 5.10. The first-order valence-corrected chi connectivity index (χ1v) is 4.27. The summed E-state index contributed by atoms with van der Waals surface area (Å²) in [7, 11) is 0. The van der Waals surface area contributed by atoms with Gasteiger partial charge < -0.3 is 0 Å². The molecule has 1 fully saturated rings. The second-order valence-electron chi connectivity index (χ2n) is 3.07. The monoisotopic (exact) mass is 136 g/mol. The molecule has 0 amide bonds. The molecule has 1 saturated carbocycles. The van der Waals surface area contributed by atoms with Crippen LogP contribution in [0.15, 0.2) is 16.9 Å². The average molecular weight is 136 g/mol. The lowest BCUT2D eigenvalue weighted by Gasteiger charge is -1.90. The molecule has 0 saturated heterocycles. The van der Waals surface area contributed by atoms with E-state index in [1.807, 2.05) is 0 Å². The maximum absolute atomic E-state index is 3.46. The molecule has 1 aliphatic rings. The minimum Gasteiger partial charge on any atom is -0.123 e. The molecule has 0 N–H and O–H groups in total. The van der Waals surface area contributed by atoms with Gasteiger partial charge in [-0.05, 0) is 50.2 Å². The van der Waals surface area contributed by atoms with Crippen molar-refractivity contribution < 1.29 is 0 Å². The molecule has 0 heteroatoms. The van der Waals surface area contributed by atoms with Gasteiger partial charge in [0.2, 0.25) is 0 Å². The lowest BCUT2D eigenvalue weighted by Crippen LogP contribution is -1.70. The van der Waals surface area contributed by atoms with Gasteiger partial charge in [-0.1, -0.05) is 6.92 Å². The fourth-order valence-corrected chi connectivity index (χ4v) is 1.32. The van der Waals surface area contributed by atoms with Crippen molar-refractivity contribution in [3.05, 3.63) is 16.9 Å². The number of hydrogen-bond acceptors (Lipinski definition) is 0. The average Bonchev–Trinajstić information content (AvgIpc) is 2.40. The van der Waals surface area contributed by atoms with Crippen LogP contribution >= 0.6 is 0 Å². The summed E-state index contributed by atoms with van der Waals surface area (Å²) in [6.45, 7) is 4.36. The summed E-state index contributed by atoms with van der Waals surface area (Å²) in [5, 5.41) is 0. The van der Waals surface area contributed by atoms with Gasteiger partial charge in [-0.2, -0.15) is 0 Å². The molecule has 0 heterocycles. The molecule has 0 nitrogen and oxygen atoms in total. The van der Waals surface area contributed by atoms with Crippen molar-refractivity contribution in [2.45, 2.75) is 46.0 Å². The van der Waals surface area contributed by atoms with E-state index in [-0.39, 0.29) is 0 Å². The summed E-state index contributed by atoms with van der Waals surface area (Å²) < 4.78 is 0. The molecule has 0 bridgehead atoms. The molecule has 56 valence electrons. The number of rotatable bonds is 1. The summed E-state index contributed by atoms with van der Waals surface area (Å²) in [6, 6.07) is 0. The standard InChI is InChI=1S/C10H16/c1-3-9(2)8-10-6-4-5-7-10/h3-7H2,1-2H3. The van der Waals surface area contributed by atoms with Crippen LogP contribution in [0.5, 0.6) is 0 Å². The fourth-order valence-electron chi connectivity index (χ4n) is 1.32. The topological polar surface area (TPSA) is 0 Å². The first-order chi connectivity index (χ1) is 4.83. The van der Waals surface area contributed by atoms with E-state index in [2.05, 4.69) is 19.6 Å². The van der Waals surface area contributed by atoms with Crippen LogP contribution in [0, 0.1) is 0 Å². The Morgan fingerprint density at radius 2 is 2.00 bits per heavy atom. The SMILES string of the molecule is CCC(C)=C=C1CCCC1. The molecule has 0 atom stereocenters. The van der Waals surface area contributed by atoms with Gasteiger partial charge in [0.15, 0.2) is 0 Å². The first-order valence-electron chi connectivity index (χ1n) is 4.27. The molecule has 0 aromatic rings. The quantitative estimate of drug-likeness (QED) is 0.484. The Bertz CT molecular complexity index is 160. The lowest BCUT2D eigenvalue weighted by atomic mass is 10.2. The zero-order valence-corrected chi connectivity index (χ0v) is 7.04. The van der Waals surface area contributed by atoms with Crippen LogP contribution in [0.2, 0.25) is 0 Å². The van der Waals surface area contributed by atoms with Crippen molar-refractivity contribution in [3.63, 3.8) is 0 Å². The second kappa shape index (κ2) is 3.63. The molecule has 0 aliphatic heterocycles. The molecule has 0 aromatic carbocycles. The predicted molar refractivity (Wildman–Crippen MR) is 45.0 cm³/mol. The van der Waals surface area contributed by atoms with E-state index in [1.165, 1.54) is 31.3 Å². The van der Waals surface area contributed by atoms with Gasteiger partial charge in [-0.25, -0.2) is 0 Å². The minimum atomic E-state index is 1.16. The second-order valence-corrected chi connectivity index (χ2v) is 3.07. The highest BCUT2D eigenvalue weighted by atomic mass is 14.1. The van der Waals surface area contributed by atoms with Gasteiger partial charge in [0.25, 0.3) is 0 Å². The third-order valence-electron chi connectivity index (χ3n) is 2.13. The van der Waals surface area contributed by atoms with Crippen LogP contribution in [-0.4, -0.2) is 0 Å². The molecular weight excluding hydrogens is 120 g/mol. The van der Waals surface area contributed by atoms with Gasteiger partial charge >= 0.3 is 0 Å². The molecule has 0 unspecified atom stereocenters. The van der Waals surface area contributed by atoms with E-state index >= 15 is 0 Å². The smallest absolute Gasteiger partial charge is 0.0244 e. The van der Waals surface area contributed by atoms with Crippen LogP contribution in [-0.2, 0) is 0 Å². The maximum Gasteiger partial charge on any atom is -0.0244 e. The third-order valence-corrected chi connectivity index (χ3v) is 2.13. The summed E-state index contributed by atoms with van der Waals surface area (Å²) >= 11 is 0. The van der Waals surface area contributed by atoms with Gasteiger partial charge in [0.05, 0.1) is 0 Å². The Morgan fingerprint density at radius 3 is 2.50 bits per heavy atom. The molecule has 10 heavy (non-hydrogen) atoms. The Morgan fingerprint density at radius 1 is 1.40 bits per heavy atom. The van der Waals surface area contributed by atoms with Crippen LogP contribution < -0.4 is 0 Å². The van der Waals surface area contributed by atoms with E-state index in [1.54, 1.807) is 5.57 Å². The Labute approximate surface area is 63.6 Å². The molecule has 0 spiro atoms. The van der Waals surface area contributed by atoms with Crippen LogP contribution in [0.25, 0.3) is 0 Å². The van der Waals surface area contributed by atoms with E-state index in [4.69, 9.17) is 0 Å². The van der Waals surface area contributed by atoms with Gasteiger partial charge in [0, 0.05) is 0 Å². The molecule has 1 aliphatic carbocycles. The van der Waals surface area contributed by atoms with Crippen LogP contribution in [0.4, 0.5) is 0 Å². The third kappa shape index (κ3) is 2.04. The highest BCUT2D eigenvalue weighted by Crippen LogP contribution is 2.23. The highest BCUT2D eigenvalue weighted by Gasteiger charge is 2.04.